The minimum atomic E-state index is -0.107. The van der Waals surface area contributed by atoms with Crippen LogP contribution in [0.5, 0.6) is 11.5 Å². The van der Waals surface area contributed by atoms with Crippen LogP contribution in [0.4, 0.5) is 5.13 Å². The molecule has 8 heteroatoms. The van der Waals surface area contributed by atoms with E-state index in [1.807, 2.05) is 19.1 Å². The predicted molar refractivity (Wildman–Crippen MR) is 128 cm³/mol. The Labute approximate surface area is 192 Å². The van der Waals surface area contributed by atoms with Gasteiger partial charge in [-0.15, -0.1) is 0 Å². The van der Waals surface area contributed by atoms with E-state index < -0.39 is 0 Å². The number of methoxy groups -OCH3 is 1. The van der Waals surface area contributed by atoms with Crippen molar-refractivity contribution in [2.45, 2.75) is 20.8 Å². The number of hydrogen-bond donors (Lipinski definition) is 0. The number of carbonyl (C=O) groups is 1. The normalized spacial score (nSPS) is 11.2. The average molecular weight is 462 g/mol. The van der Waals surface area contributed by atoms with Gasteiger partial charge in [0.25, 0.3) is 5.91 Å². The fraction of sp³-hybridized carbons (Fsp3) is 0.391. The Morgan fingerprint density at radius 2 is 1.77 bits per heavy atom. The highest BCUT2D eigenvalue weighted by Crippen LogP contribution is 2.39. The molecule has 2 aromatic carbocycles. The first-order chi connectivity index (χ1) is 15.0. The van der Waals surface area contributed by atoms with E-state index in [0.717, 1.165) is 30.1 Å². The van der Waals surface area contributed by atoms with E-state index in [1.165, 1.54) is 11.3 Å². The van der Waals surface area contributed by atoms with Gasteiger partial charge in [-0.2, -0.15) is 0 Å². The van der Waals surface area contributed by atoms with Crippen molar-refractivity contribution in [2.24, 2.45) is 0 Å². The molecule has 31 heavy (non-hydrogen) atoms. The van der Waals surface area contributed by atoms with Crippen LogP contribution in [0.1, 0.15) is 31.1 Å². The Hall–Kier alpha value is -2.35. The van der Waals surface area contributed by atoms with Gasteiger partial charge in [0.05, 0.1) is 23.4 Å². The summed E-state index contributed by atoms with van der Waals surface area (Å²) in [6.07, 6.45) is 0. The van der Waals surface area contributed by atoms with Gasteiger partial charge in [0.15, 0.2) is 5.13 Å². The third-order valence-corrected chi connectivity index (χ3v) is 6.63. The summed E-state index contributed by atoms with van der Waals surface area (Å²) < 4.78 is 11.8. The fourth-order valence-electron chi connectivity index (χ4n) is 3.30. The first kappa shape index (κ1) is 23.3. The molecule has 1 aromatic heterocycles. The standard InChI is InChI=1S/C23H28ClN3O3S/c1-5-26(6-2)14-15-27(22(28)16-8-10-17(11-9-16)30-7-3)23-25-20-19(29-4)13-12-18(24)21(20)31-23/h8-13H,5-7,14-15H2,1-4H3. The lowest BCUT2D eigenvalue weighted by atomic mass is 10.2. The lowest BCUT2D eigenvalue weighted by molar-refractivity contribution is 0.0983. The zero-order valence-corrected chi connectivity index (χ0v) is 19.9. The second kappa shape index (κ2) is 10.8. The highest BCUT2D eigenvalue weighted by Gasteiger charge is 2.23. The molecule has 0 fully saturated rings. The van der Waals surface area contributed by atoms with Crippen LogP contribution < -0.4 is 14.4 Å². The van der Waals surface area contributed by atoms with Crippen LogP contribution in [0.25, 0.3) is 10.2 Å². The quantitative estimate of drug-likeness (QED) is 0.407. The van der Waals surface area contributed by atoms with Gasteiger partial charge in [-0.3, -0.25) is 9.69 Å². The van der Waals surface area contributed by atoms with Gasteiger partial charge in [0.2, 0.25) is 0 Å². The third-order valence-electron chi connectivity index (χ3n) is 5.09. The number of anilines is 1. The minimum absolute atomic E-state index is 0.107. The van der Waals surface area contributed by atoms with Crippen LogP contribution in [-0.2, 0) is 0 Å². The SMILES string of the molecule is CCOc1ccc(C(=O)N(CCN(CC)CC)c2nc3c(OC)ccc(Cl)c3s2)cc1. The monoisotopic (exact) mass is 461 g/mol. The summed E-state index contributed by atoms with van der Waals surface area (Å²) in [5.74, 6) is 1.27. The number of carbonyl (C=O) groups excluding carboxylic acids is 1. The van der Waals surface area contributed by atoms with Gasteiger partial charge >= 0.3 is 0 Å². The van der Waals surface area contributed by atoms with Crippen LogP contribution in [0.15, 0.2) is 36.4 Å². The Morgan fingerprint density at radius 3 is 2.39 bits per heavy atom. The molecule has 6 nitrogen and oxygen atoms in total. The van der Waals surface area contributed by atoms with Gasteiger partial charge in [0, 0.05) is 18.7 Å². The molecule has 1 amide bonds. The minimum Gasteiger partial charge on any atom is -0.494 e. The lowest BCUT2D eigenvalue weighted by Crippen LogP contribution is -2.38. The van der Waals surface area contributed by atoms with Gasteiger partial charge in [0.1, 0.15) is 17.0 Å². The molecule has 0 saturated carbocycles. The summed E-state index contributed by atoms with van der Waals surface area (Å²) in [5, 5.41) is 1.20. The Morgan fingerprint density at radius 1 is 1.06 bits per heavy atom. The third kappa shape index (κ3) is 5.29. The summed E-state index contributed by atoms with van der Waals surface area (Å²) in [6.45, 7) is 9.85. The number of ether oxygens (including phenoxy) is 2. The van der Waals surface area contributed by atoms with Crippen LogP contribution in [-0.4, -0.2) is 55.7 Å². The molecule has 0 unspecified atom stereocenters. The molecule has 0 aliphatic carbocycles. The van der Waals surface area contributed by atoms with E-state index in [1.54, 1.807) is 36.3 Å². The van der Waals surface area contributed by atoms with Crippen molar-refractivity contribution in [3.05, 3.63) is 47.0 Å². The van der Waals surface area contributed by atoms with Crippen molar-refractivity contribution >= 4 is 44.2 Å². The number of amides is 1. The van der Waals surface area contributed by atoms with E-state index in [2.05, 4.69) is 18.7 Å². The number of fused-ring (bicyclic) bond motifs is 1. The molecular weight excluding hydrogens is 434 g/mol. The van der Waals surface area contributed by atoms with Crippen LogP contribution in [0.2, 0.25) is 5.02 Å². The molecule has 0 bridgehead atoms. The molecular formula is C23H28ClN3O3S. The summed E-state index contributed by atoms with van der Waals surface area (Å²) in [7, 11) is 1.60. The first-order valence-electron chi connectivity index (χ1n) is 10.4. The maximum absolute atomic E-state index is 13.5. The number of aromatic nitrogens is 1. The number of likely N-dealkylation sites (N-methyl/N-ethyl adjacent to an activating group) is 1. The lowest BCUT2D eigenvalue weighted by Gasteiger charge is -2.24. The molecule has 166 valence electrons. The van der Waals surface area contributed by atoms with Crippen LogP contribution in [0.3, 0.4) is 0 Å². The number of benzene rings is 2. The Bertz CT molecular complexity index is 1020. The topological polar surface area (TPSA) is 54.9 Å². The molecule has 0 saturated heterocycles. The molecule has 0 aliphatic rings. The smallest absolute Gasteiger partial charge is 0.260 e. The number of halogens is 1. The zero-order chi connectivity index (χ0) is 22.4. The van der Waals surface area contributed by atoms with Gasteiger partial charge in [-0.25, -0.2) is 4.98 Å². The second-order valence-electron chi connectivity index (χ2n) is 6.86. The molecule has 0 N–H and O–H groups in total. The maximum Gasteiger partial charge on any atom is 0.260 e. The van der Waals surface area contributed by atoms with Crippen molar-refractivity contribution < 1.29 is 14.3 Å². The van der Waals surface area contributed by atoms with E-state index in [0.29, 0.717) is 40.1 Å². The first-order valence-corrected chi connectivity index (χ1v) is 11.6. The molecule has 1 heterocycles. The Kier molecular flexibility index (Phi) is 8.12. The van der Waals surface area contributed by atoms with Gasteiger partial charge in [-0.1, -0.05) is 36.8 Å². The number of hydrogen-bond acceptors (Lipinski definition) is 6. The average Bonchev–Trinajstić information content (AvgIpc) is 3.23. The Balaban J connectivity index is 1.98. The predicted octanol–water partition coefficient (Wildman–Crippen LogP) is 5.35. The van der Waals surface area contributed by atoms with Crippen molar-refractivity contribution in [3.8, 4) is 11.5 Å². The highest BCUT2D eigenvalue weighted by molar-refractivity contribution is 7.23. The van der Waals surface area contributed by atoms with Gasteiger partial charge < -0.3 is 14.4 Å². The second-order valence-corrected chi connectivity index (χ2v) is 8.25. The van der Waals surface area contributed by atoms with Crippen molar-refractivity contribution in [2.75, 3.05) is 44.8 Å². The van der Waals surface area contributed by atoms with E-state index in [4.69, 9.17) is 26.1 Å². The summed E-state index contributed by atoms with van der Waals surface area (Å²) in [6, 6.07) is 10.8. The number of nitrogens with zero attached hydrogens (tertiary/aromatic N) is 3. The van der Waals surface area contributed by atoms with Crippen molar-refractivity contribution in [1.29, 1.82) is 0 Å². The highest BCUT2D eigenvalue weighted by atomic mass is 35.5. The molecule has 3 rings (SSSR count). The molecule has 0 aliphatic heterocycles. The summed E-state index contributed by atoms with van der Waals surface area (Å²) in [5.41, 5.74) is 1.25. The van der Waals surface area contributed by atoms with Crippen LogP contribution >= 0.6 is 22.9 Å². The number of thiazole rings is 1. The van der Waals surface area contributed by atoms with E-state index in [9.17, 15) is 4.79 Å². The molecule has 3 aromatic rings. The van der Waals surface area contributed by atoms with E-state index in [-0.39, 0.29) is 5.91 Å². The van der Waals surface area contributed by atoms with E-state index >= 15 is 0 Å². The van der Waals surface area contributed by atoms with Crippen molar-refractivity contribution in [3.63, 3.8) is 0 Å². The molecule has 0 atom stereocenters. The largest absolute Gasteiger partial charge is 0.494 e. The number of rotatable bonds is 10. The summed E-state index contributed by atoms with van der Waals surface area (Å²) >= 11 is 7.81. The molecule has 0 radical (unpaired) electrons. The van der Waals surface area contributed by atoms with Crippen molar-refractivity contribution in [1.82, 2.24) is 9.88 Å². The molecule has 0 spiro atoms. The maximum atomic E-state index is 13.5. The fourth-order valence-corrected chi connectivity index (χ4v) is 4.58. The summed E-state index contributed by atoms with van der Waals surface area (Å²) in [4.78, 5) is 22.2. The van der Waals surface area contributed by atoms with Gasteiger partial charge in [-0.05, 0) is 56.4 Å². The van der Waals surface area contributed by atoms with Crippen LogP contribution in [0, 0.1) is 0 Å². The zero-order valence-electron chi connectivity index (χ0n) is 18.4.